The van der Waals surface area contributed by atoms with Gasteiger partial charge >= 0.3 is 0 Å². The summed E-state index contributed by atoms with van der Waals surface area (Å²) in [7, 11) is 0. The number of nitrogens with two attached hydrogens (primary N) is 1. The number of anilines is 1. The second kappa shape index (κ2) is 2.31. The molecule has 0 aromatic carbocycles. The molecule has 0 aliphatic carbocycles. The first-order valence-corrected chi connectivity index (χ1v) is 3.21. The average molecular weight is 149 g/mol. The zero-order chi connectivity index (χ0) is 6.85. The van der Waals surface area contributed by atoms with E-state index < -0.39 is 6.43 Å². The predicted molar refractivity (Wildman–Crippen MR) is 33.7 cm³/mol. The number of hydrogen-bond donors (Lipinski definition) is 1. The molecule has 1 nitrogen and oxygen atoms in total. The fourth-order valence-corrected chi connectivity index (χ4v) is 1.18. The second-order valence-electron chi connectivity index (χ2n) is 1.54. The van der Waals surface area contributed by atoms with E-state index in [1.165, 1.54) is 6.07 Å². The number of nitrogen functional groups attached to an aromatic ring is 1. The van der Waals surface area contributed by atoms with Gasteiger partial charge in [0.1, 0.15) is 0 Å². The van der Waals surface area contributed by atoms with Crippen molar-refractivity contribution in [1.29, 1.82) is 0 Å². The van der Waals surface area contributed by atoms with Crippen LogP contribution in [0.2, 0.25) is 0 Å². The Kier molecular flexibility index (Phi) is 1.66. The zero-order valence-corrected chi connectivity index (χ0v) is 5.29. The van der Waals surface area contributed by atoms with Gasteiger partial charge in [0.2, 0.25) is 0 Å². The first-order valence-electron chi connectivity index (χ1n) is 2.33. The summed E-state index contributed by atoms with van der Waals surface area (Å²) >= 11 is 0.983. The third-order valence-corrected chi connectivity index (χ3v) is 1.87. The maximum absolute atomic E-state index is 11.8. The van der Waals surface area contributed by atoms with Crippen LogP contribution in [0.15, 0.2) is 11.4 Å². The van der Waals surface area contributed by atoms with Gasteiger partial charge in [-0.15, -0.1) is 11.3 Å². The molecule has 0 spiro atoms. The van der Waals surface area contributed by atoms with Crippen LogP contribution in [0.5, 0.6) is 0 Å². The Bertz CT molecular complexity index is 197. The molecule has 50 valence electrons. The molecular weight excluding hydrogens is 144 g/mol. The number of alkyl halides is 2. The van der Waals surface area contributed by atoms with Crippen LogP contribution in [0.3, 0.4) is 0 Å². The number of thiophene rings is 1. The summed E-state index contributed by atoms with van der Waals surface area (Å²) in [5, 5.41) is 1.55. The van der Waals surface area contributed by atoms with Gasteiger partial charge in [0.25, 0.3) is 6.43 Å². The standard InChI is InChI=1S/C5H5F2NS/c6-5(7)4-3(8)1-2-9-4/h1-2,5H,8H2. The Morgan fingerprint density at radius 1 is 1.56 bits per heavy atom. The summed E-state index contributed by atoms with van der Waals surface area (Å²) in [5.74, 6) is 0. The second-order valence-corrected chi connectivity index (χ2v) is 2.49. The number of hydrogen-bond acceptors (Lipinski definition) is 2. The van der Waals surface area contributed by atoms with Gasteiger partial charge in [0, 0.05) is 0 Å². The van der Waals surface area contributed by atoms with Gasteiger partial charge in [-0.2, -0.15) is 0 Å². The van der Waals surface area contributed by atoms with Crippen LogP contribution in [-0.2, 0) is 0 Å². The minimum atomic E-state index is -2.43. The molecule has 0 radical (unpaired) electrons. The average Bonchev–Trinajstić information content (AvgIpc) is 2.13. The molecule has 1 aromatic rings. The molecule has 4 heteroatoms. The van der Waals surface area contributed by atoms with E-state index in [9.17, 15) is 8.78 Å². The molecule has 0 saturated heterocycles. The Labute approximate surface area is 55.1 Å². The molecule has 0 aliphatic heterocycles. The Hall–Kier alpha value is -0.640. The Morgan fingerprint density at radius 3 is 2.44 bits per heavy atom. The van der Waals surface area contributed by atoms with Crippen molar-refractivity contribution in [3.63, 3.8) is 0 Å². The van der Waals surface area contributed by atoms with Gasteiger partial charge < -0.3 is 5.73 Å². The molecule has 1 aromatic heterocycles. The summed E-state index contributed by atoms with van der Waals surface area (Å²) in [6.45, 7) is 0. The fraction of sp³-hybridized carbons (Fsp3) is 0.200. The summed E-state index contributed by atoms with van der Waals surface area (Å²) in [6, 6.07) is 1.48. The van der Waals surface area contributed by atoms with Crippen molar-refractivity contribution in [2.45, 2.75) is 6.43 Å². The maximum atomic E-state index is 11.8. The first kappa shape index (κ1) is 6.48. The van der Waals surface area contributed by atoms with Crippen LogP contribution in [0.4, 0.5) is 14.5 Å². The highest BCUT2D eigenvalue weighted by Crippen LogP contribution is 2.29. The van der Waals surface area contributed by atoms with E-state index in [0.29, 0.717) is 0 Å². The zero-order valence-electron chi connectivity index (χ0n) is 4.47. The van der Waals surface area contributed by atoms with Crippen molar-refractivity contribution in [2.75, 3.05) is 5.73 Å². The van der Waals surface area contributed by atoms with Gasteiger partial charge in [-0.1, -0.05) is 0 Å². The van der Waals surface area contributed by atoms with Gasteiger partial charge in [-0.3, -0.25) is 0 Å². The summed E-state index contributed by atoms with van der Waals surface area (Å²) in [5.41, 5.74) is 5.36. The lowest BCUT2D eigenvalue weighted by Gasteiger charge is -1.93. The van der Waals surface area contributed by atoms with Crippen LogP contribution in [0.25, 0.3) is 0 Å². The highest BCUT2D eigenvalue weighted by molar-refractivity contribution is 7.10. The molecule has 0 amide bonds. The predicted octanol–water partition coefficient (Wildman–Crippen LogP) is 2.27. The molecule has 0 atom stereocenters. The van der Waals surface area contributed by atoms with E-state index in [1.54, 1.807) is 5.38 Å². The van der Waals surface area contributed by atoms with Gasteiger partial charge in [-0.25, -0.2) is 8.78 Å². The van der Waals surface area contributed by atoms with Crippen molar-refractivity contribution < 1.29 is 8.78 Å². The normalized spacial score (nSPS) is 10.6. The minimum absolute atomic E-state index is 0.0324. The Balaban J connectivity index is 2.94. The highest BCUT2D eigenvalue weighted by Gasteiger charge is 2.10. The first-order chi connectivity index (χ1) is 4.22. The van der Waals surface area contributed by atoms with Crippen LogP contribution in [0.1, 0.15) is 11.3 Å². The van der Waals surface area contributed by atoms with E-state index in [1.807, 2.05) is 0 Å². The van der Waals surface area contributed by atoms with Gasteiger partial charge in [0.15, 0.2) is 0 Å². The lowest BCUT2D eigenvalue weighted by atomic mass is 10.4. The third kappa shape index (κ3) is 1.18. The minimum Gasteiger partial charge on any atom is -0.398 e. The third-order valence-electron chi connectivity index (χ3n) is 0.925. The molecule has 1 rings (SSSR count). The van der Waals surface area contributed by atoms with Crippen molar-refractivity contribution in [3.05, 3.63) is 16.3 Å². The van der Waals surface area contributed by atoms with Crippen LogP contribution in [-0.4, -0.2) is 0 Å². The van der Waals surface area contributed by atoms with Crippen molar-refractivity contribution in [2.24, 2.45) is 0 Å². The van der Waals surface area contributed by atoms with E-state index in [-0.39, 0.29) is 10.6 Å². The summed E-state index contributed by atoms with van der Waals surface area (Å²) in [4.78, 5) is -0.0324. The van der Waals surface area contributed by atoms with Crippen LogP contribution in [0, 0.1) is 0 Å². The van der Waals surface area contributed by atoms with Crippen molar-refractivity contribution in [1.82, 2.24) is 0 Å². The van der Waals surface area contributed by atoms with E-state index in [2.05, 4.69) is 0 Å². The monoisotopic (exact) mass is 149 g/mol. The van der Waals surface area contributed by atoms with Crippen LogP contribution >= 0.6 is 11.3 Å². The lowest BCUT2D eigenvalue weighted by Crippen LogP contribution is -1.86. The molecule has 1 heterocycles. The molecule has 0 saturated carbocycles. The molecular formula is C5H5F2NS. The van der Waals surface area contributed by atoms with Crippen molar-refractivity contribution >= 4 is 17.0 Å². The quantitative estimate of drug-likeness (QED) is 0.651. The van der Waals surface area contributed by atoms with E-state index in [4.69, 9.17) is 5.73 Å². The van der Waals surface area contributed by atoms with E-state index in [0.717, 1.165) is 11.3 Å². The Morgan fingerprint density at radius 2 is 2.22 bits per heavy atom. The summed E-state index contributed by atoms with van der Waals surface area (Å²) in [6.07, 6.45) is -2.43. The largest absolute Gasteiger partial charge is 0.398 e. The van der Waals surface area contributed by atoms with Crippen LogP contribution < -0.4 is 5.73 Å². The topological polar surface area (TPSA) is 26.0 Å². The van der Waals surface area contributed by atoms with Gasteiger partial charge in [0.05, 0.1) is 10.6 Å². The molecule has 0 bridgehead atoms. The molecule has 0 fully saturated rings. The smallest absolute Gasteiger partial charge is 0.274 e. The molecule has 0 unspecified atom stereocenters. The molecule has 9 heavy (non-hydrogen) atoms. The molecule has 2 N–H and O–H groups in total. The summed E-state index contributed by atoms with van der Waals surface area (Å²) < 4.78 is 23.6. The number of rotatable bonds is 1. The maximum Gasteiger partial charge on any atom is 0.274 e. The van der Waals surface area contributed by atoms with E-state index >= 15 is 0 Å². The lowest BCUT2D eigenvalue weighted by molar-refractivity contribution is 0.156. The van der Waals surface area contributed by atoms with Crippen molar-refractivity contribution in [3.8, 4) is 0 Å². The SMILES string of the molecule is Nc1ccsc1C(F)F. The molecule has 0 aliphatic rings. The number of halogens is 2. The highest BCUT2D eigenvalue weighted by atomic mass is 32.1. The van der Waals surface area contributed by atoms with Gasteiger partial charge in [-0.05, 0) is 11.4 Å². The fourth-order valence-electron chi connectivity index (χ4n) is 0.508.